The number of nitrogens with one attached hydrogen (secondary N) is 1. The average Bonchev–Trinajstić information content (AvgIpc) is 2.87. The molecule has 0 aliphatic heterocycles. The van der Waals surface area contributed by atoms with Crippen molar-refractivity contribution in [2.75, 3.05) is 13.2 Å². The van der Waals surface area contributed by atoms with E-state index in [1.807, 2.05) is 6.33 Å². The van der Waals surface area contributed by atoms with Crippen LogP contribution in [-0.2, 0) is 19.4 Å². The van der Waals surface area contributed by atoms with Crippen molar-refractivity contribution in [3.8, 4) is 0 Å². The van der Waals surface area contributed by atoms with Crippen LogP contribution in [0.5, 0.6) is 0 Å². The van der Waals surface area contributed by atoms with Gasteiger partial charge in [-0.3, -0.25) is 0 Å². The van der Waals surface area contributed by atoms with E-state index in [9.17, 15) is 5.11 Å². The highest BCUT2D eigenvalue weighted by Crippen LogP contribution is 2.21. The Labute approximate surface area is 122 Å². The molecule has 1 heterocycles. The molecular weight excluding hydrogens is 250 g/mol. The second kappa shape index (κ2) is 7.23. The topological polar surface area (TPSA) is 50.1 Å². The zero-order valence-electron chi connectivity index (χ0n) is 13.0. The van der Waals surface area contributed by atoms with Gasteiger partial charge < -0.3 is 15.0 Å². The van der Waals surface area contributed by atoms with Crippen molar-refractivity contribution in [2.24, 2.45) is 0 Å². The van der Waals surface area contributed by atoms with E-state index in [1.54, 1.807) is 0 Å². The standard InChI is InChI=1S/C16H29N3O/c1-3-18-16(2,12-20)10-6-7-11-19-13-17-14-8-4-5-9-15(14)19/h13,18,20H,3-12H2,1-2H3. The Morgan fingerprint density at radius 3 is 2.90 bits per heavy atom. The van der Waals surface area contributed by atoms with Gasteiger partial charge in [-0.15, -0.1) is 0 Å². The molecule has 1 atom stereocenters. The van der Waals surface area contributed by atoms with Gasteiger partial charge in [-0.05, 0) is 58.4 Å². The van der Waals surface area contributed by atoms with Crippen LogP contribution >= 0.6 is 0 Å². The van der Waals surface area contributed by atoms with E-state index in [0.29, 0.717) is 0 Å². The molecular formula is C16H29N3O. The number of rotatable bonds is 8. The van der Waals surface area contributed by atoms with Gasteiger partial charge in [0, 0.05) is 17.8 Å². The Kier molecular flexibility index (Phi) is 5.61. The third kappa shape index (κ3) is 3.83. The third-order valence-electron chi connectivity index (χ3n) is 4.44. The largest absolute Gasteiger partial charge is 0.394 e. The molecule has 4 heteroatoms. The zero-order valence-corrected chi connectivity index (χ0v) is 13.0. The predicted octanol–water partition coefficient (Wildman–Crippen LogP) is 2.29. The summed E-state index contributed by atoms with van der Waals surface area (Å²) >= 11 is 0. The summed E-state index contributed by atoms with van der Waals surface area (Å²) in [5.74, 6) is 0. The smallest absolute Gasteiger partial charge is 0.0951 e. The minimum atomic E-state index is -0.122. The van der Waals surface area contributed by atoms with Gasteiger partial charge in [0.1, 0.15) is 0 Å². The summed E-state index contributed by atoms with van der Waals surface area (Å²) in [6, 6.07) is 0. The minimum Gasteiger partial charge on any atom is -0.394 e. The second-order valence-corrected chi connectivity index (χ2v) is 6.24. The number of unbranched alkanes of at least 4 members (excludes halogenated alkanes) is 1. The quantitative estimate of drug-likeness (QED) is 0.718. The fraction of sp³-hybridized carbons (Fsp3) is 0.812. The summed E-state index contributed by atoms with van der Waals surface area (Å²) in [7, 11) is 0. The number of imidazole rings is 1. The molecule has 0 saturated carbocycles. The number of hydrogen-bond donors (Lipinski definition) is 2. The van der Waals surface area contributed by atoms with Crippen molar-refractivity contribution in [3.05, 3.63) is 17.7 Å². The van der Waals surface area contributed by atoms with Gasteiger partial charge in [-0.2, -0.15) is 0 Å². The van der Waals surface area contributed by atoms with E-state index in [2.05, 4.69) is 28.7 Å². The molecule has 1 aliphatic carbocycles. The molecule has 4 nitrogen and oxygen atoms in total. The van der Waals surface area contributed by atoms with Crippen LogP contribution in [0.25, 0.3) is 0 Å². The first-order valence-corrected chi connectivity index (χ1v) is 8.07. The lowest BCUT2D eigenvalue weighted by molar-refractivity contribution is 0.164. The summed E-state index contributed by atoms with van der Waals surface area (Å²) in [5.41, 5.74) is 2.67. The second-order valence-electron chi connectivity index (χ2n) is 6.24. The van der Waals surface area contributed by atoms with E-state index in [1.165, 1.54) is 30.7 Å². The van der Waals surface area contributed by atoms with Gasteiger partial charge in [0.25, 0.3) is 0 Å². The first kappa shape index (κ1) is 15.5. The molecule has 0 radical (unpaired) electrons. The number of nitrogens with zero attached hydrogens (tertiary/aromatic N) is 2. The van der Waals surface area contributed by atoms with Gasteiger partial charge in [0.15, 0.2) is 0 Å². The fourth-order valence-electron chi connectivity index (χ4n) is 3.17. The molecule has 2 rings (SSSR count). The number of likely N-dealkylation sites (N-methyl/N-ethyl adjacent to an activating group) is 1. The van der Waals surface area contributed by atoms with Crippen LogP contribution in [0.4, 0.5) is 0 Å². The molecule has 0 amide bonds. The van der Waals surface area contributed by atoms with Gasteiger partial charge in [0.05, 0.1) is 18.6 Å². The number of hydrogen-bond acceptors (Lipinski definition) is 3. The minimum absolute atomic E-state index is 0.122. The van der Waals surface area contributed by atoms with Crippen molar-refractivity contribution < 1.29 is 5.11 Å². The summed E-state index contributed by atoms with van der Waals surface area (Å²) in [6.07, 6.45) is 10.3. The average molecular weight is 279 g/mol. The van der Waals surface area contributed by atoms with Crippen molar-refractivity contribution >= 4 is 0 Å². The van der Waals surface area contributed by atoms with E-state index < -0.39 is 0 Å². The van der Waals surface area contributed by atoms with Gasteiger partial charge in [-0.1, -0.05) is 6.92 Å². The lowest BCUT2D eigenvalue weighted by Gasteiger charge is -2.28. The highest BCUT2D eigenvalue weighted by Gasteiger charge is 2.21. The van der Waals surface area contributed by atoms with Crippen molar-refractivity contribution in [3.63, 3.8) is 0 Å². The maximum Gasteiger partial charge on any atom is 0.0951 e. The zero-order chi connectivity index (χ0) is 14.4. The Balaban J connectivity index is 1.77. The molecule has 0 saturated heterocycles. The van der Waals surface area contributed by atoms with Crippen molar-refractivity contribution in [1.29, 1.82) is 0 Å². The summed E-state index contributed by atoms with van der Waals surface area (Å²) in [5, 5.41) is 12.9. The molecule has 1 unspecified atom stereocenters. The Morgan fingerprint density at radius 1 is 1.35 bits per heavy atom. The molecule has 2 N–H and O–H groups in total. The van der Waals surface area contributed by atoms with E-state index in [-0.39, 0.29) is 12.1 Å². The lowest BCUT2D eigenvalue weighted by Crippen LogP contribution is -2.45. The molecule has 20 heavy (non-hydrogen) atoms. The molecule has 1 aromatic heterocycles. The van der Waals surface area contributed by atoms with Gasteiger partial charge >= 0.3 is 0 Å². The highest BCUT2D eigenvalue weighted by atomic mass is 16.3. The predicted molar refractivity (Wildman–Crippen MR) is 81.9 cm³/mol. The molecule has 1 aliphatic rings. The van der Waals surface area contributed by atoms with Crippen LogP contribution < -0.4 is 5.32 Å². The molecule has 114 valence electrons. The van der Waals surface area contributed by atoms with Crippen LogP contribution in [0.15, 0.2) is 6.33 Å². The Bertz CT molecular complexity index is 416. The highest BCUT2D eigenvalue weighted by molar-refractivity contribution is 5.16. The number of aryl methyl sites for hydroxylation is 2. The number of aliphatic hydroxyl groups is 1. The number of aliphatic hydroxyl groups excluding tert-OH is 1. The van der Waals surface area contributed by atoms with Crippen LogP contribution in [0.1, 0.15) is 57.3 Å². The lowest BCUT2D eigenvalue weighted by atomic mass is 9.95. The van der Waals surface area contributed by atoms with Crippen LogP contribution in [0.3, 0.4) is 0 Å². The van der Waals surface area contributed by atoms with Crippen LogP contribution in [0, 0.1) is 0 Å². The Morgan fingerprint density at radius 2 is 2.15 bits per heavy atom. The van der Waals surface area contributed by atoms with Crippen LogP contribution in [-0.4, -0.2) is 33.3 Å². The number of fused-ring (bicyclic) bond motifs is 1. The molecule has 1 aromatic rings. The maximum absolute atomic E-state index is 9.48. The van der Waals surface area contributed by atoms with Gasteiger partial charge in [0.2, 0.25) is 0 Å². The molecule has 0 aromatic carbocycles. The maximum atomic E-state index is 9.48. The third-order valence-corrected chi connectivity index (χ3v) is 4.44. The fourth-order valence-corrected chi connectivity index (χ4v) is 3.17. The molecule has 0 spiro atoms. The normalized spacial score (nSPS) is 17.8. The molecule has 0 bridgehead atoms. The first-order chi connectivity index (χ1) is 9.68. The Hall–Kier alpha value is -0.870. The van der Waals surface area contributed by atoms with Crippen molar-refractivity contribution in [1.82, 2.24) is 14.9 Å². The first-order valence-electron chi connectivity index (χ1n) is 8.07. The van der Waals surface area contributed by atoms with Gasteiger partial charge in [-0.25, -0.2) is 4.98 Å². The summed E-state index contributed by atoms with van der Waals surface area (Å²) < 4.78 is 2.35. The van der Waals surface area contributed by atoms with Crippen molar-refractivity contribution in [2.45, 2.75) is 70.9 Å². The van der Waals surface area contributed by atoms with E-state index >= 15 is 0 Å². The van der Waals surface area contributed by atoms with E-state index in [4.69, 9.17) is 0 Å². The van der Waals surface area contributed by atoms with E-state index in [0.717, 1.165) is 38.8 Å². The SMILES string of the molecule is CCNC(C)(CO)CCCCn1cnc2c1CCCC2. The monoisotopic (exact) mass is 279 g/mol. The van der Waals surface area contributed by atoms with Crippen LogP contribution in [0.2, 0.25) is 0 Å². The molecule has 0 fully saturated rings. The number of aromatic nitrogens is 2. The summed E-state index contributed by atoms with van der Waals surface area (Å²) in [6.45, 7) is 6.38. The summed E-state index contributed by atoms with van der Waals surface area (Å²) in [4.78, 5) is 4.54.